The number of nitrogens with zero attached hydrogens (tertiary/aromatic N) is 3. The Bertz CT molecular complexity index is 1010. The second-order valence-corrected chi connectivity index (χ2v) is 6.30. The van der Waals surface area contributed by atoms with E-state index in [0.29, 0.717) is 5.75 Å². The number of hydrogen-bond donors (Lipinski definition) is 1. The fourth-order valence-corrected chi connectivity index (χ4v) is 2.45. The summed E-state index contributed by atoms with van der Waals surface area (Å²) in [4.78, 5) is 18.4. The van der Waals surface area contributed by atoms with Crippen molar-refractivity contribution in [1.82, 2.24) is 9.97 Å². The number of nitro groups is 1. The van der Waals surface area contributed by atoms with Crippen molar-refractivity contribution in [3.05, 3.63) is 69.4 Å². The van der Waals surface area contributed by atoms with Crippen molar-refractivity contribution in [3.8, 4) is 17.4 Å². The highest BCUT2D eigenvalue weighted by Gasteiger charge is 2.31. The Labute approximate surface area is 169 Å². The maximum atomic E-state index is 12.2. The van der Waals surface area contributed by atoms with Gasteiger partial charge in [0.15, 0.2) is 0 Å². The topological polar surface area (TPSA) is 99.4 Å². The van der Waals surface area contributed by atoms with E-state index in [9.17, 15) is 23.3 Å². The van der Waals surface area contributed by atoms with Gasteiger partial charge in [0.1, 0.15) is 17.8 Å². The number of nitrogens with one attached hydrogen (secondary N) is 1. The first kappa shape index (κ1) is 20.3. The van der Waals surface area contributed by atoms with E-state index in [-0.39, 0.29) is 17.4 Å². The highest BCUT2D eigenvalue weighted by atomic mass is 79.9. The average Bonchev–Trinajstić information content (AvgIpc) is 2.64. The van der Waals surface area contributed by atoms with Crippen molar-refractivity contribution < 1.29 is 27.6 Å². The molecule has 3 rings (SSSR count). The summed E-state index contributed by atoms with van der Waals surface area (Å²) >= 11 is 3.27. The van der Waals surface area contributed by atoms with Crippen LogP contribution in [0.2, 0.25) is 0 Å². The molecular weight excluding hydrogens is 461 g/mol. The van der Waals surface area contributed by atoms with E-state index in [1.807, 2.05) is 0 Å². The summed E-state index contributed by atoms with van der Waals surface area (Å²) in [5.41, 5.74) is -0.290. The number of ether oxygens (including phenoxy) is 2. The predicted octanol–water partition coefficient (Wildman–Crippen LogP) is 5.58. The quantitative estimate of drug-likeness (QED) is 0.370. The van der Waals surface area contributed by atoms with E-state index in [2.05, 4.69) is 36.0 Å². The van der Waals surface area contributed by atoms with Gasteiger partial charge in [-0.15, -0.1) is 13.2 Å². The van der Waals surface area contributed by atoms with Gasteiger partial charge in [-0.05, 0) is 48.5 Å². The molecule has 0 aliphatic heterocycles. The fourth-order valence-electron chi connectivity index (χ4n) is 2.18. The first-order chi connectivity index (χ1) is 13.7. The highest BCUT2D eigenvalue weighted by molar-refractivity contribution is 9.10. The van der Waals surface area contributed by atoms with Crippen molar-refractivity contribution in [2.75, 3.05) is 5.32 Å². The van der Waals surface area contributed by atoms with E-state index in [1.165, 1.54) is 12.1 Å². The van der Waals surface area contributed by atoms with Crippen LogP contribution in [0, 0.1) is 10.1 Å². The monoisotopic (exact) mass is 470 g/mol. The number of halogens is 4. The van der Waals surface area contributed by atoms with Crippen LogP contribution in [-0.4, -0.2) is 21.3 Å². The lowest BCUT2D eigenvalue weighted by Crippen LogP contribution is -2.17. The number of rotatable bonds is 6. The molecule has 0 saturated carbocycles. The Balaban J connectivity index is 1.85. The van der Waals surface area contributed by atoms with Gasteiger partial charge in [0.25, 0.3) is 0 Å². The summed E-state index contributed by atoms with van der Waals surface area (Å²) in [6.45, 7) is 0. The van der Waals surface area contributed by atoms with Crippen LogP contribution in [-0.2, 0) is 0 Å². The summed E-state index contributed by atoms with van der Waals surface area (Å²) in [6.07, 6.45) is -3.76. The van der Waals surface area contributed by atoms with E-state index in [4.69, 9.17) is 4.74 Å². The van der Waals surface area contributed by atoms with Crippen LogP contribution in [0.15, 0.2) is 59.3 Å². The molecule has 1 aromatic heterocycles. The van der Waals surface area contributed by atoms with Gasteiger partial charge in [0.2, 0.25) is 5.82 Å². The Morgan fingerprint density at radius 2 is 1.62 bits per heavy atom. The van der Waals surface area contributed by atoms with Gasteiger partial charge in [-0.3, -0.25) is 10.1 Å². The third kappa shape index (κ3) is 5.54. The van der Waals surface area contributed by atoms with Gasteiger partial charge < -0.3 is 14.8 Å². The Hall–Kier alpha value is -3.41. The van der Waals surface area contributed by atoms with Crippen LogP contribution in [0.3, 0.4) is 0 Å². The van der Waals surface area contributed by atoms with Gasteiger partial charge >= 0.3 is 17.9 Å². The summed E-state index contributed by atoms with van der Waals surface area (Å²) in [7, 11) is 0. The number of hydrogen-bond acceptors (Lipinski definition) is 7. The molecular formula is C17H10BrF3N4O4. The van der Waals surface area contributed by atoms with Crippen LogP contribution < -0.4 is 14.8 Å². The Kier molecular flexibility index (Phi) is 5.82. The van der Waals surface area contributed by atoms with E-state index in [0.717, 1.165) is 22.9 Å². The molecule has 1 N–H and O–H groups in total. The lowest BCUT2D eigenvalue weighted by atomic mass is 10.3. The van der Waals surface area contributed by atoms with Crippen LogP contribution in [0.25, 0.3) is 0 Å². The summed E-state index contributed by atoms with van der Waals surface area (Å²) < 4.78 is 46.7. The van der Waals surface area contributed by atoms with Crippen LogP contribution in [0.5, 0.6) is 17.4 Å². The molecule has 1 heterocycles. The highest BCUT2D eigenvalue weighted by Crippen LogP contribution is 2.36. The zero-order valence-corrected chi connectivity index (χ0v) is 15.8. The molecule has 0 unspecified atom stereocenters. The third-order valence-corrected chi connectivity index (χ3v) is 3.88. The smallest absolute Gasteiger partial charge is 0.434 e. The van der Waals surface area contributed by atoms with Crippen LogP contribution in [0.4, 0.5) is 30.4 Å². The van der Waals surface area contributed by atoms with Gasteiger partial charge in [-0.25, -0.2) is 4.98 Å². The van der Waals surface area contributed by atoms with Crippen molar-refractivity contribution >= 4 is 33.1 Å². The summed E-state index contributed by atoms with van der Waals surface area (Å²) in [5.74, 6) is -0.609. The molecule has 0 amide bonds. The van der Waals surface area contributed by atoms with E-state index >= 15 is 0 Å². The third-order valence-electron chi connectivity index (χ3n) is 3.35. The van der Waals surface area contributed by atoms with Gasteiger partial charge in [-0.1, -0.05) is 15.9 Å². The van der Waals surface area contributed by atoms with Gasteiger partial charge in [0.05, 0.1) is 4.92 Å². The summed E-state index contributed by atoms with van der Waals surface area (Å²) in [6, 6.07) is 11.2. The SMILES string of the molecule is O=[N+]([O-])c1c(Nc2ccc(OC(F)(F)F)cc2)ncnc1Oc1ccc(Br)cc1. The molecule has 0 radical (unpaired) electrons. The zero-order valence-electron chi connectivity index (χ0n) is 14.2. The second-order valence-electron chi connectivity index (χ2n) is 5.39. The molecule has 8 nitrogen and oxygen atoms in total. The molecule has 150 valence electrons. The molecule has 0 bridgehead atoms. The minimum absolute atomic E-state index is 0.193. The number of alkyl halides is 3. The molecule has 0 atom stereocenters. The lowest BCUT2D eigenvalue weighted by molar-refractivity contribution is -0.385. The standard InChI is InChI=1S/C17H10BrF3N4O4/c18-10-1-5-12(6-2-10)28-16-14(25(26)27)15(22-9-23-16)24-11-3-7-13(8-4-11)29-17(19,20)21/h1-9H,(H,22,23,24). The molecule has 3 aromatic rings. The largest absolute Gasteiger partial charge is 0.573 e. The molecule has 0 spiro atoms. The normalized spacial score (nSPS) is 11.0. The van der Waals surface area contributed by atoms with Crippen molar-refractivity contribution in [1.29, 1.82) is 0 Å². The Morgan fingerprint density at radius 1 is 1.00 bits per heavy atom. The maximum absolute atomic E-state index is 12.2. The second kappa shape index (κ2) is 8.31. The lowest BCUT2D eigenvalue weighted by Gasteiger charge is -2.11. The average molecular weight is 471 g/mol. The minimum atomic E-state index is -4.82. The van der Waals surface area contributed by atoms with Crippen molar-refractivity contribution in [2.45, 2.75) is 6.36 Å². The maximum Gasteiger partial charge on any atom is 0.573 e. The molecule has 12 heteroatoms. The number of aromatic nitrogens is 2. The first-order valence-electron chi connectivity index (χ1n) is 7.77. The first-order valence-corrected chi connectivity index (χ1v) is 8.56. The molecule has 2 aromatic carbocycles. The van der Waals surface area contributed by atoms with Crippen LogP contribution >= 0.6 is 15.9 Å². The van der Waals surface area contributed by atoms with E-state index in [1.54, 1.807) is 24.3 Å². The fraction of sp³-hybridized carbons (Fsp3) is 0.0588. The zero-order chi connectivity index (χ0) is 21.0. The minimum Gasteiger partial charge on any atom is -0.434 e. The van der Waals surface area contributed by atoms with Crippen LogP contribution in [0.1, 0.15) is 0 Å². The van der Waals surface area contributed by atoms with Crippen molar-refractivity contribution in [3.63, 3.8) is 0 Å². The molecule has 0 aliphatic carbocycles. The van der Waals surface area contributed by atoms with Gasteiger partial charge in [0, 0.05) is 10.2 Å². The number of benzene rings is 2. The van der Waals surface area contributed by atoms with Crippen molar-refractivity contribution in [2.24, 2.45) is 0 Å². The molecule has 0 saturated heterocycles. The molecule has 0 aliphatic rings. The summed E-state index contributed by atoms with van der Waals surface area (Å²) in [5, 5.41) is 14.2. The molecule has 0 fully saturated rings. The van der Waals surface area contributed by atoms with E-state index < -0.39 is 22.7 Å². The predicted molar refractivity (Wildman–Crippen MR) is 99.3 cm³/mol. The Morgan fingerprint density at radius 3 is 2.21 bits per heavy atom. The molecule has 29 heavy (non-hydrogen) atoms. The van der Waals surface area contributed by atoms with Gasteiger partial charge in [-0.2, -0.15) is 4.98 Å². The number of anilines is 2.